The second-order valence-electron chi connectivity index (χ2n) is 4.45. The van der Waals surface area contributed by atoms with Crippen LogP contribution in [0.3, 0.4) is 0 Å². The molecule has 1 aromatic carbocycles. The maximum absolute atomic E-state index is 11.4. The van der Waals surface area contributed by atoms with E-state index in [1.807, 2.05) is 24.3 Å². The van der Waals surface area contributed by atoms with Crippen LogP contribution >= 0.6 is 0 Å². The van der Waals surface area contributed by atoms with E-state index in [2.05, 4.69) is 24.7 Å². The maximum Gasteiger partial charge on any atom is 0.343 e. The van der Waals surface area contributed by atoms with Gasteiger partial charge in [0.25, 0.3) is 0 Å². The van der Waals surface area contributed by atoms with Crippen molar-refractivity contribution in [3.05, 3.63) is 47.7 Å². The maximum atomic E-state index is 11.4. The Hall–Kier alpha value is -2.96. The minimum absolute atomic E-state index is 0.1000. The van der Waals surface area contributed by atoms with Gasteiger partial charge in [-0.15, -0.1) is 0 Å². The quantitative estimate of drug-likeness (QED) is 0.702. The van der Waals surface area contributed by atoms with Crippen LogP contribution in [-0.2, 0) is 11.2 Å². The number of fused-ring (bicyclic) bond motifs is 1. The molecular weight excluding hydrogens is 270 g/mol. The van der Waals surface area contributed by atoms with Crippen molar-refractivity contribution in [3.8, 4) is 0 Å². The van der Waals surface area contributed by atoms with Crippen LogP contribution in [0.2, 0.25) is 0 Å². The van der Waals surface area contributed by atoms with Crippen LogP contribution in [-0.4, -0.2) is 33.0 Å². The molecule has 0 aliphatic carbocycles. The van der Waals surface area contributed by atoms with Crippen molar-refractivity contribution in [2.24, 2.45) is 0 Å². The number of nitrogens with zero attached hydrogens (tertiary/aromatic N) is 3. The number of rotatable bonds is 3. The number of para-hydroxylation sites is 2. The van der Waals surface area contributed by atoms with Gasteiger partial charge in [0.05, 0.1) is 24.6 Å². The molecule has 3 N–H and O–H groups in total. The summed E-state index contributed by atoms with van der Waals surface area (Å²) in [5, 5.41) is 0. The Kier molecular flexibility index (Phi) is 3.23. The molecule has 3 rings (SSSR count). The number of nitrogens with two attached hydrogens (primary N) is 1. The van der Waals surface area contributed by atoms with Gasteiger partial charge in [0.15, 0.2) is 0 Å². The Morgan fingerprint density at radius 3 is 2.86 bits per heavy atom. The Bertz CT molecular complexity index is 779. The van der Waals surface area contributed by atoms with Crippen molar-refractivity contribution in [2.75, 3.05) is 12.8 Å². The summed E-state index contributed by atoms with van der Waals surface area (Å²) in [6.07, 6.45) is 1.77. The average molecular weight is 283 g/mol. The first kappa shape index (κ1) is 13.0. The lowest BCUT2D eigenvalue weighted by molar-refractivity contribution is 0.0601. The number of anilines is 1. The number of aromatic amines is 1. The van der Waals surface area contributed by atoms with Gasteiger partial charge in [0.2, 0.25) is 0 Å². The van der Waals surface area contributed by atoms with Gasteiger partial charge in [-0.2, -0.15) is 0 Å². The van der Waals surface area contributed by atoms with E-state index < -0.39 is 5.97 Å². The second-order valence-corrected chi connectivity index (χ2v) is 4.45. The van der Waals surface area contributed by atoms with Crippen LogP contribution in [0, 0.1) is 0 Å². The van der Waals surface area contributed by atoms with Gasteiger partial charge in [-0.1, -0.05) is 12.1 Å². The zero-order chi connectivity index (χ0) is 14.8. The smallest absolute Gasteiger partial charge is 0.343 e. The number of hydrogen-bond acceptors (Lipinski definition) is 6. The van der Waals surface area contributed by atoms with E-state index in [-0.39, 0.29) is 11.4 Å². The van der Waals surface area contributed by atoms with Crippen LogP contribution in [0.1, 0.15) is 22.0 Å². The molecule has 0 bridgehead atoms. The molecule has 7 heteroatoms. The first-order valence-corrected chi connectivity index (χ1v) is 6.30. The summed E-state index contributed by atoms with van der Waals surface area (Å²) in [6.45, 7) is 0. The molecule has 2 aromatic heterocycles. The lowest BCUT2D eigenvalue weighted by atomic mass is 10.3. The van der Waals surface area contributed by atoms with Crippen molar-refractivity contribution >= 4 is 22.8 Å². The van der Waals surface area contributed by atoms with E-state index in [1.54, 1.807) is 0 Å². The Balaban J connectivity index is 1.87. The standard InChI is InChI=1S/C14H13N5O2/c1-21-14(20)8-7-16-11(19-13(8)15)6-12-17-9-4-2-3-5-10(9)18-12/h2-5,7H,6H2,1H3,(H,17,18)(H2,15,16,19). The van der Waals surface area contributed by atoms with Crippen LogP contribution in [0.5, 0.6) is 0 Å². The molecule has 0 saturated heterocycles. The lowest BCUT2D eigenvalue weighted by Gasteiger charge is -2.04. The van der Waals surface area contributed by atoms with Gasteiger partial charge in [-0.25, -0.2) is 19.7 Å². The minimum Gasteiger partial charge on any atom is -0.465 e. The van der Waals surface area contributed by atoms with E-state index in [9.17, 15) is 4.79 Å². The molecule has 0 amide bonds. The monoisotopic (exact) mass is 283 g/mol. The number of imidazole rings is 1. The number of carbonyl (C=O) groups is 1. The molecule has 0 aliphatic heterocycles. The van der Waals surface area contributed by atoms with Crippen molar-refractivity contribution in [1.82, 2.24) is 19.9 Å². The number of ether oxygens (including phenoxy) is 1. The van der Waals surface area contributed by atoms with E-state index in [4.69, 9.17) is 5.73 Å². The molecule has 106 valence electrons. The fourth-order valence-corrected chi connectivity index (χ4v) is 2.02. The number of H-pyrrole nitrogens is 1. The molecule has 0 unspecified atom stereocenters. The molecule has 0 spiro atoms. The molecule has 2 heterocycles. The van der Waals surface area contributed by atoms with Gasteiger partial charge < -0.3 is 15.5 Å². The van der Waals surface area contributed by atoms with Gasteiger partial charge in [0, 0.05) is 6.20 Å². The number of esters is 1. The van der Waals surface area contributed by atoms with E-state index in [0.717, 1.165) is 16.9 Å². The molecule has 3 aromatic rings. The minimum atomic E-state index is -0.553. The number of hydrogen-bond donors (Lipinski definition) is 2. The number of methoxy groups -OCH3 is 1. The highest BCUT2D eigenvalue weighted by atomic mass is 16.5. The highest BCUT2D eigenvalue weighted by Crippen LogP contribution is 2.14. The molecule has 0 aliphatic rings. The third kappa shape index (κ3) is 2.53. The van der Waals surface area contributed by atoms with E-state index >= 15 is 0 Å². The van der Waals surface area contributed by atoms with Crippen LogP contribution in [0.25, 0.3) is 11.0 Å². The van der Waals surface area contributed by atoms with Gasteiger partial charge >= 0.3 is 5.97 Å². The number of nitrogens with one attached hydrogen (secondary N) is 1. The van der Waals surface area contributed by atoms with Gasteiger partial charge in [-0.3, -0.25) is 0 Å². The molecule has 0 atom stereocenters. The normalized spacial score (nSPS) is 10.7. The summed E-state index contributed by atoms with van der Waals surface area (Å²) in [5.41, 5.74) is 7.73. The summed E-state index contributed by atoms with van der Waals surface area (Å²) in [7, 11) is 1.28. The summed E-state index contributed by atoms with van der Waals surface area (Å²) in [4.78, 5) is 27.3. The molecular formula is C14H13N5O2. The summed E-state index contributed by atoms with van der Waals surface area (Å²) in [5.74, 6) is 0.770. The SMILES string of the molecule is COC(=O)c1cnc(Cc2nc3ccccc3[nH]2)nc1N. The van der Waals surface area contributed by atoms with Crippen molar-refractivity contribution in [1.29, 1.82) is 0 Å². The largest absolute Gasteiger partial charge is 0.465 e. The van der Waals surface area contributed by atoms with E-state index in [1.165, 1.54) is 13.3 Å². The first-order chi connectivity index (χ1) is 10.2. The Labute approximate surface area is 120 Å². The molecule has 21 heavy (non-hydrogen) atoms. The Morgan fingerprint density at radius 2 is 2.14 bits per heavy atom. The summed E-state index contributed by atoms with van der Waals surface area (Å²) in [6, 6.07) is 7.73. The summed E-state index contributed by atoms with van der Waals surface area (Å²) < 4.78 is 4.60. The van der Waals surface area contributed by atoms with Crippen LogP contribution in [0.4, 0.5) is 5.82 Å². The fourth-order valence-electron chi connectivity index (χ4n) is 2.02. The van der Waals surface area contributed by atoms with Gasteiger partial charge in [0.1, 0.15) is 23.0 Å². The van der Waals surface area contributed by atoms with E-state index in [0.29, 0.717) is 12.2 Å². The number of carbonyl (C=O) groups excluding carboxylic acids is 1. The van der Waals surface area contributed by atoms with Crippen molar-refractivity contribution in [3.63, 3.8) is 0 Å². The fraction of sp³-hybridized carbons (Fsp3) is 0.143. The second kappa shape index (κ2) is 5.20. The zero-order valence-electron chi connectivity index (χ0n) is 11.3. The lowest BCUT2D eigenvalue weighted by Crippen LogP contribution is -2.10. The predicted octanol–water partition coefficient (Wildman–Crippen LogP) is 1.31. The third-order valence-corrected chi connectivity index (χ3v) is 3.04. The first-order valence-electron chi connectivity index (χ1n) is 6.30. The molecule has 0 saturated carbocycles. The van der Waals surface area contributed by atoms with Gasteiger partial charge in [-0.05, 0) is 12.1 Å². The predicted molar refractivity (Wildman–Crippen MR) is 76.7 cm³/mol. The Morgan fingerprint density at radius 1 is 1.33 bits per heavy atom. The number of benzene rings is 1. The van der Waals surface area contributed by atoms with Crippen molar-refractivity contribution < 1.29 is 9.53 Å². The third-order valence-electron chi connectivity index (χ3n) is 3.04. The molecule has 0 fully saturated rings. The molecule has 0 radical (unpaired) electrons. The van der Waals surface area contributed by atoms with Crippen molar-refractivity contribution in [2.45, 2.75) is 6.42 Å². The molecule has 7 nitrogen and oxygen atoms in total. The van der Waals surface area contributed by atoms with Crippen LogP contribution in [0.15, 0.2) is 30.5 Å². The highest BCUT2D eigenvalue weighted by molar-refractivity contribution is 5.93. The number of nitrogen functional groups attached to an aromatic ring is 1. The van der Waals surface area contributed by atoms with Crippen LogP contribution < -0.4 is 5.73 Å². The summed E-state index contributed by atoms with van der Waals surface area (Å²) >= 11 is 0. The average Bonchev–Trinajstić information content (AvgIpc) is 2.88. The number of aromatic nitrogens is 4. The topological polar surface area (TPSA) is 107 Å². The zero-order valence-corrected chi connectivity index (χ0v) is 11.3. The highest BCUT2D eigenvalue weighted by Gasteiger charge is 2.13.